The van der Waals surface area contributed by atoms with Gasteiger partial charge in [0.05, 0.1) is 6.04 Å². The van der Waals surface area contributed by atoms with Gasteiger partial charge in [-0.1, -0.05) is 13.3 Å². The fourth-order valence-corrected chi connectivity index (χ4v) is 1.04. The van der Waals surface area contributed by atoms with E-state index in [9.17, 15) is 9.59 Å². The summed E-state index contributed by atoms with van der Waals surface area (Å²) in [5.74, 6) is 0.673. The first-order chi connectivity index (χ1) is 7.02. The third kappa shape index (κ3) is 5.03. The maximum atomic E-state index is 11.3. The van der Waals surface area contributed by atoms with Gasteiger partial charge in [0, 0.05) is 6.42 Å². The van der Waals surface area contributed by atoms with Crippen molar-refractivity contribution in [2.75, 3.05) is 0 Å². The zero-order valence-corrected chi connectivity index (χ0v) is 8.69. The van der Waals surface area contributed by atoms with Crippen molar-refractivity contribution in [3.05, 3.63) is 0 Å². The van der Waals surface area contributed by atoms with Crippen molar-refractivity contribution in [1.82, 2.24) is 5.32 Å². The first kappa shape index (κ1) is 13.5. The quantitative estimate of drug-likeness (QED) is 0.527. The number of carboxylic acid groups (broad SMARTS) is 1. The van der Waals surface area contributed by atoms with Crippen LogP contribution in [0.25, 0.3) is 0 Å². The summed E-state index contributed by atoms with van der Waals surface area (Å²) >= 11 is 0. The van der Waals surface area contributed by atoms with Gasteiger partial charge in [0.25, 0.3) is 0 Å². The van der Waals surface area contributed by atoms with Crippen LogP contribution in [0.2, 0.25) is 0 Å². The highest BCUT2D eigenvalue weighted by atomic mass is 16.4. The van der Waals surface area contributed by atoms with Crippen molar-refractivity contribution >= 4 is 11.9 Å². The second-order valence-electron chi connectivity index (χ2n) is 3.20. The molecule has 0 saturated carbocycles. The summed E-state index contributed by atoms with van der Waals surface area (Å²) in [6.45, 7) is 1.84. The Morgan fingerprint density at radius 2 is 2.20 bits per heavy atom. The molecule has 0 aliphatic rings. The number of terminal acetylenes is 1. The smallest absolute Gasteiger partial charge is 0.326 e. The summed E-state index contributed by atoms with van der Waals surface area (Å²) in [6.07, 6.45) is 6.14. The summed E-state index contributed by atoms with van der Waals surface area (Å²) in [6, 6.07) is -1.72. The summed E-state index contributed by atoms with van der Waals surface area (Å²) in [5.41, 5.74) is 5.42. The third-order valence-corrected chi connectivity index (χ3v) is 1.87. The lowest BCUT2D eigenvalue weighted by atomic mass is 10.1. The van der Waals surface area contributed by atoms with E-state index in [1.54, 1.807) is 0 Å². The van der Waals surface area contributed by atoms with Crippen LogP contribution in [-0.2, 0) is 9.59 Å². The first-order valence-corrected chi connectivity index (χ1v) is 4.75. The van der Waals surface area contributed by atoms with E-state index in [1.807, 2.05) is 6.92 Å². The Balaban J connectivity index is 4.23. The maximum Gasteiger partial charge on any atom is 0.326 e. The molecule has 84 valence electrons. The Labute approximate surface area is 89.0 Å². The van der Waals surface area contributed by atoms with Gasteiger partial charge in [0.15, 0.2) is 0 Å². The average molecular weight is 212 g/mol. The van der Waals surface area contributed by atoms with Gasteiger partial charge in [0.1, 0.15) is 6.04 Å². The first-order valence-electron chi connectivity index (χ1n) is 4.75. The van der Waals surface area contributed by atoms with Gasteiger partial charge in [-0.15, -0.1) is 12.3 Å². The molecule has 15 heavy (non-hydrogen) atoms. The Hall–Kier alpha value is -1.54. The van der Waals surface area contributed by atoms with E-state index in [1.165, 1.54) is 0 Å². The van der Waals surface area contributed by atoms with Crippen molar-refractivity contribution < 1.29 is 14.7 Å². The van der Waals surface area contributed by atoms with Crippen LogP contribution in [0.1, 0.15) is 26.2 Å². The second-order valence-corrected chi connectivity index (χ2v) is 3.20. The fourth-order valence-electron chi connectivity index (χ4n) is 1.04. The predicted octanol–water partition coefficient (Wildman–Crippen LogP) is -0.293. The fraction of sp³-hybridized carbons (Fsp3) is 0.600. The molecule has 5 heteroatoms. The zero-order valence-electron chi connectivity index (χ0n) is 8.69. The summed E-state index contributed by atoms with van der Waals surface area (Å²) in [7, 11) is 0. The van der Waals surface area contributed by atoms with Gasteiger partial charge in [-0.05, 0) is 6.42 Å². The molecule has 0 saturated heterocycles. The number of carbonyl (C=O) groups is 2. The molecule has 2 unspecified atom stereocenters. The van der Waals surface area contributed by atoms with E-state index in [0.717, 1.165) is 0 Å². The van der Waals surface area contributed by atoms with Crippen molar-refractivity contribution in [3.8, 4) is 12.3 Å². The maximum absolute atomic E-state index is 11.3. The van der Waals surface area contributed by atoms with Crippen LogP contribution in [0.5, 0.6) is 0 Å². The summed E-state index contributed by atoms with van der Waals surface area (Å²) in [4.78, 5) is 22.0. The minimum atomic E-state index is -1.06. The minimum absolute atomic E-state index is 0.101. The molecular formula is C10H16N2O3. The number of hydrogen-bond acceptors (Lipinski definition) is 3. The number of hydrogen-bond donors (Lipinski definition) is 3. The van der Waals surface area contributed by atoms with Crippen LogP contribution in [0.15, 0.2) is 0 Å². The lowest BCUT2D eigenvalue weighted by Gasteiger charge is -2.15. The predicted molar refractivity (Wildman–Crippen MR) is 55.9 cm³/mol. The highest BCUT2D eigenvalue weighted by molar-refractivity contribution is 5.86. The van der Waals surface area contributed by atoms with Crippen molar-refractivity contribution in [1.29, 1.82) is 0 Å². The zero-order chi connectivity index (χ0) is 11.8. The molecule has 2 atom stereocenters. The molecule has 4 N–H and O–H groups in total. The molecule has 1 amide bonds. The molecule has 0 rings (SSSR count). The molecule has 0 aliphatic carbocycles. The Bertz CT molecular complexity index is 270. The Morgan fingerprint density at radius 3 is 2.60 bits per heavy atom. The van der Waals surface area contributed by atoms with Gasteiger partial charge in [0.2, 0.25) is 5.91 Å². The van der Waals surface area contributed by atoms with Crippen molar-refractivity contribution in [2.24, 2.45) is 5.73 Å². The standard InChI is InChI=1S/C10H16N2O3/c1-3-5-7(11)9(13)12-8(6-4-2)10(14)15/h1,7-8H,4-6,11H2,2H3,(H,12,13)(H,14,15). The third-order valence-electron chi connectivity index (χ3n) is 1.87. The SMILES string of the molecule is C#CCC(N)C(=O)NC(CCC)C(=O)O. The topological polar surface area (TPSA) is 92.4 Å². The van der Waals surface area contributed by atoms with Crippen LogP contribution >= 0.6 is 0 Å². The Morgan fingerprint density at radius 1 is 1.60 bits per heavy atom. The molecule has 0 aromatic heterocycles. The molecule has 0 aliphatic heterocycles. The average Bonchev–Trinajstić information content (AvgIpc) is 2.17. The summed E-state index contributed by atoms with van der Waals surface area (Å²) < 4.78 is 0. The van der Waals surface area contributed by atoms with E-state index in [-0.39, 0.29) is 6.42 Å². The van der Waals surface area contributed by atoms with E-state index < -0.39 is 24.0 Å². The molecule has 0 radical (unpaired) electrons. The van der Waals surface area contributed by atoms with Crippen LogP contribution in [-0.4, -0.2) is 29.1 Å². The molecule has 0 spiro atoms. The van der Waals surface area contributed by atoms with Gasteiger partial charge < -0.3 is 16.2 Å². The molecule has 0 bridgehead atoms. The van der Waals surface area contributed by atoms with E-state index in [4.69, 9.17) is 17.3 Å². The lowest BCUT2D eigenvalue weighted by Crippen LogP contribution is -2.48. The molecule has 0 heterocycles. The van der Waals surface area contributed by atoms with E-state index >= 15 is 0 Å². The van der Waals surface area contributed by atoms with Crippen LogP contribution in [0.4, 0.5) is 0 Å². The Kier molecular flexibility index (Phi) is 6.14. The molecule has 0 aromatic rings. The van der Waals surface area contributed by atoms with Crippen molar-refractivity contribution in [3.63, 3.8) is 0 Å². The number of nitrogens with two attached hydrogens (primary N) is 1. The molecule has 5 nitrogen and oxygen atoms in total. The molecular weight excluding hydrogens is 196 g/mol. The van der Waals surface area contributed by atoms with E-state index in [0.29, 0.717) is 12.8 Å². The van der Waals surface area contributed by atoms with Gasteiger partial charge in [-0.2, -0.15) is 0 Å². The minimum Gasteiger partial charge on any atom is -0.480 e. The monoisotopic (exact) mass is 212 g/mol. The van der Waals surface area contributed by atoms with Crippen LogP contribution in [0.3, 0.4) is 0 Å². The summed E-state index contributed by atoms with van der Waals surface area (Å²) in [5, 5.41) is 11.1. The number of rotatable bonds is 6. The normalized spacial score (nSPS) is 13.7. The second kappa shape index (κ2) is 6.85. The van der Waals surface area contributed by atoms with Gasteiger partial charge >= 0.3 is 5.97 Å². The van der Waals surface area contributed by atoms with Crippen LogP contribution in [0, 0.1) is 12.3 Å². The molecule has 0 fully saturated rings. The largest absolute Gasteiger partial charge is 0.480 e. The van der Waals surface area contributed by atoms with Gasteiger partial charge in [-0.3, -0.25) is 4.79 Å². The number of aliphatic carboxylic acids is 1. The molecule has 0 aromatic carbocycles. The number of carboxylic acids is 1. The van der Waals surface area contributed by atoms with Crippen molar-refractivity contribution in [2.45, 2.75) is 38.3 Å². The van der Waals surface area contributed by atoms with E-state index in [2.05, 4.69) is 11.2 Å². The van der Waals surface area contributed by atoms with Crippen LogP contribution < -0.4 is 11.1 Å². The van der Waals surface area contributed by atoms with Gasteiger partial charge in [-0.25, -0.2) is 4.79 Å². The number of amides is 1. The highest BCUT2D eigenvalue weighted by Crippen LogP contribution is 1.98. The highest BCUT2D eigenvalue weighted by Gasteiger charge is 2.21. The lowest BCUT2D eigenvalue weighted by molar-refractivity contribution is -0.142. The number of carbonyl (C=O) groups excluding carboxylic acids is 1. The number of nitrogens with one attached hydrogen (secondary N) is 1.